The van der Waals surface area contributed by atoms with E-state index in [1.54, 1.807) is 6.07 Å². The molecule has 0 heterocycles. The van der Waals surface area contributed by atoms with E-state index in [9.17, 15) is 23.0 Å². The molecule has 0 aliphatic heterocycles. The number of nitrogens with zero attached hydrogens (tertiary/aromatic N) is 1. The highest BCUT2D eigenvalue weighted by molar-refractivity contribution is 7.95. The fourth-order valence-electron chi connectivity index (χ4n) is 1.69. The molecule has 0 atom stereocenters. The molecule has 0 saturated heterocycles. The van der Waals surface area contributed by atoms with Gasteiger partial charge in [-0.1, -0.05) is 6.07 Å². The molecule has 0 aromatic heterocycles. The van der Waals surface area contributed by atoms with Crippen LogP contribution in [0, 0.1) is 17.1 Å². The van der Waals surface area contributed by atoms with E-state index in [0.717, 1.165) is 36.4 Å². The fraction of sp³-hybridized carbons (Fsp3) is 0. The molecule has 0 unspecified atom stereocenters. The second-order valence-electron chi connectivity index (χ2n) is 4.33. The Morgan fingerprint density at radius 2 is 1.73 bits per heavy atom. The Labute approximate surface area is 126 Å². The quantitative estimate of drug-likeness (QED) is 0.515. The van der Waals surface area contributed by atoms with Crippen LogP contribution in [0.3, 0.4) is 0 Å². The zero-order chi connectivity index (χ0) is 16.3. The van der Waals surface area contributed by atoms with Crippen LogP contribution in [0.5, 0.6) is 11.5 Å². The van der Waals surface area contributed by atoms with Gasteiger partial charge in [-0.25, -0.2) is 12.8 Å². The van der Waals surface area contributed by atoms with Gasteiger partial charge in [0, 0.05) is 0 Å². The van der Waals surface area contributed by atoms with Gasteiger partial charge in [-0.3, -0.25) is 0 Å². The maximum absolute atomic E-state index is 12.9. The van der Waals surface area contributed by atoms with E-state index in [-0.39, 0.29) is 16.2 Å². The van der Waals surface area contributed by atoms with E-state index < -0.39 is 26.3 Å². The largest absolute Gasteiger partial charge is 0.504 e. The lowest BCUT2D eigenvalue weighted by Crippen LogP contribution is -2.03. The Morgan fingerprint density at radius 3 is 2.27 bits per heavy atom. The van der Waals surface area contributed by atoms with Crippen LogP contribution in [0.25, 0.3) is 6.08 Å². The summed E-state index contributed by atoms with van der Waals surface area (Å²) in [4.78, 5) is -0.783. The molecule has 0 amide bonds. The minimum atomic E-state index is -4.10. The van der Waals surface area contributed by atoms with Crippen LogP contribution in [0.2, 0.25) is 0 Å². The Kier molecular flexibility index (Phi) is 4.15. The van der Waals surface area contributed by atoms with Crippen molar-refractivity contribution in [2.24, 2.45) is 0 Å². The van der Waals surface area contributed by atoms with Crippen molar-refractivity contribution in [3.05, 3.63) is 58.8 Å². The molecule has 0 fully saturated rings. The second-order valence-corrected chi connectivity index (χ2v) is 6.24. The van der Waals surface area contributed by atoms with Crippen LogP contribution in [0.1, 0.15) is 5.56 Å². The number of sulfone groups is 1. The third-order valence-corrected chi connectivity index (χ3v) is 4.50. The van der Waals surface area contributed by atoms with Crippen LogP contribution < -0.4 is 0 Å². The van der Waals surface area contributed by atoms with Crippen molar-refractivity contribution in [3.8, 4) is 17.6 Å². The third kappa shape index (κ3) is 3.07. The third-order valence-electron chi connectivity index (χ3n) is 2.82. The molecular weight excluding hydrogens is 309 g/mol. The summed E-state index contributed by atoms with van der Waals surface area (Å²) in [5, 5.41) is 27.7. The van der Waals surface area contributed by atoms with E-state index in [0.29, 0.717) is 0 Å². The molecule has 0 radical (unpaired) electrons. The standard InChI is InChI=1S/C15H10FNO4S/c16-11-2-4-12(5-3-11)22(20,21)13(9-17)7-10-1-6-14(18)15(19)8-10/h1-8,18-19H. The summed E-state index contributed by atoms with van der Waals surface area (Å²) in [6.07, 6.45) is 1.05. The Morgan fingerprint density at radius 1 is 1.09 bits per heavy atom. The molecule has 2 N–H and O–H groups in total. The molecule has 112 valence electrons. The van der Waals surface area contributed by atoms with Gasteiger partial charge >= 0.3 is 0 Å². The predicted molar refractivity (Wildman–Crippen MR) is 76.9 cm³/mol. The van der Waals surface area contributed by atoms with Crippen molar-refractivity contribution in [2.45, 2.75) is 4.90 Å². The molecule has 0 spiro atoms. The van der Waals surface area contributed by atoms with Crippen molar-refractivity contribution < 1.29 is 23.0 Å². The SMILES string of the molecule is N#CC(=Cc1ccc(O)c(O)c1)S(=O)(=O)c1ccc(F)cc1. The van der Waals surface area contributed by atoms with Crippen LogP contribution in [-0.4, -0.2) is 18.6 Å². The van der Waals surface area contributed by atoms with Crippen LogP contribution >= 0.6 is 0 Å². The molecule has 22 heavy (non-hydrogen) atoms. The van der Waals surface area contributed by atoms with Crippen LogP contribution in [-0.2, 0) is 9.84 Å². The van der Waals surface area contributed by atoms with E-state index in [4.69, 9.17) is 5.26 Å². The van der Waals surface area contributed by atoms with Gasteiger partial charge < -0.3 is 10.2 Å². The van der Waals surface area contributed by atoms with Gasteiger partial charge in [-0.05, 0) is 48.0 Å². The molecule has 7 heteroatoms. The van der Waals surface area contributed by atoms with E-state index in [1.165, 1.54) is 12.1 Å². The van der Waals surface area contributed by atoms with E-state index >= 15 is 0 Å². The number of aromatic hydroxyl groups is 2. The Bertz CT molecular complexity index is 881. The molecule has 0 bridgehead atoms. The van der Waals surface area contributed by atoms with Gasteiger partial charge in [0.1, 0.15) is 16.8 Å². The lowest BCUT2D eigenvalue weighted by atomic mass is 10.2. The van der Waals surface area contributed by atoms with E-state index in [2.05, 4.69) is 0 Å². The number of allylic oxidation sites excluding steroid dienone is 1. The first kappa shape index (κ1) is 15.5. The van der Waals surface area contributed by atoms with Gasteiger partial charge in [-0.15, -0.1) is 0 Å². The van der Waals surface area contributed by atoms with Gasteiger partial charge in [0.15, 0.2) is 11.5 Å². The van der Waals surface area contributed by atoms with Crippen molar-refractivity contribution in [1.29, 1.82) is 5.26 Å². The van der Waals surface area contributed by atoms with Crippen molar-refractivity contribution in [2.75, 3.05) is 0 Å². The maximum atomic E-state index is 12.9. The number of hydrogen-bond acceptors (Lipinski definition) is 5. The summed E-state index contributed by atoms with van der Waals surface area (Å²) in [7, 11) is -4.10. The highest BCUT2D eigenvalue weighted by atomic mass is 32.2. The summed E-state index contributed by atoms with van der Waals surface area (Å²) in [6.45, 7) is 0. The molecule has 2 rings (SSSR count). The van der Waals surface area contributed by atoms with Crippen molar-refractivity contribution in [1.82, 2.24) is 0 Å². The summed E-state index contributed by atoms with van der Waals surface area (Å²) in [5.74, 6) is -1.40. The smallest absolute Gasteiger partial charge is 0.216 e. The molecule has 2 aromatic rings. The lowest BCUT2D eigenvalue weighted by Gasteiger charge is -2.04. The highest BCUT2D eigenvalue weighted by Gasteiger charge is 2.21. The predicted octanol–water partition coefficient (Wildman–Crippen LogP) is 2.58. The zero-order valence-corrected chi connectivity index (χ0v) is 11.9. The lowest BCUT2D eigenvalue weighted by molar-refractivity contribution is 0.403. The molecule has 0 saturated carbocycles. The number of benzene rings is 2. The number of phenolic OH excluding ortho intramolecular Hbond substituents is 2. The van der Waals surface area contributed by atoms with Gasteiger partial charge in [0.2, 0.25) is 9.84 Å². The molecule has 0 aliphatic rings. The van der Waals surface area contributed by atoms with Gasteiger partial charge in [0.25, 0.3) is 0 Å². The zero-order valence-electron chi connectivity index (χ0n) is 11.1. The summed E-state index contributed by atoms with van der Waals surface area (Å²) >= 11 is 0. The van der Waals surface area contributed by atoms with Gasteiger partial charge in [-0.2, -0.15) is 5.26 Å². The molecule has 0 aliphatic carbocycles. The number of rotatable bonds is 3. The second kappa shape index (κ2) is 5.87. The maximum Gasteiger partial charge on any atom is 0.216 e. The topological polar surface area (TPSA) is 98.4 Å². The highest BCUT2D eigenvalue weighted by Crippen LogP contribution is 2.27. The average molecular weight is 319 g/mol. The summed E-state index contributed by atoms with van der Waals surface area (Å²) in [6, 6.07) is 9.28. The molecule has 5 nitrogen and oxygen atoms in total. The minimum Gasteiger partial charge on any atom is -0.504 e. The van der Waals surface area contributed by atoms with E-state index in [1.807, 2.05) is 0 Å². The Hall–Kier alpha value is -2.85. The van der Waals surface area contributed by atoms with Crippen LogP contribution in [0.15, 0.2) is 52.3 Å². The number of halogens is 1. The Balaban J connectivity index is 2.51. The number of phenols is 2. The summed E-state index contributed by atoms with van der Waals surface area (Å²) < 4.78 is 37.5. The molecule has 2 aromatic carbocycles. The van der Waals surface area contributed by atoms with Crippen molar-refractivity contribution >= 4 is 15.9 Å². The first-order chi connectivity index (χ1) is 10.3. The van der Waals surface area contributed by atoms with Crippen molar-refractivity contribution in [3.63, 3.8) is 0 Å². The van der Waals surface area contributed by atoms with Crippen LogP contribution in [0.4, 0.5) is 4.39 Å². The fourth-order valence-corrected chi connectivity index (χ4v) is 2.85. The number of hydrogen-bond donors (Lipinski definition) is 2. The monoisotopic (exact) mass is 319 g/mol. The summed E-state index contributed by atoms with van der Waals surface area (Å²) in [5.41, 5.74) is 0.220. The molecular formula is C15H10FNO4S. The van der Waals surface area contributed by atoms with Gasteiger partial charge in [0.05, 0.1) is 4.90 Å². The minimum absolute atomic E-state index is 0.218. The first-order valence-electron chi connectivity index (χ1n) is 5.99. The first-order valence-corrected chi connectivity index (χ1v) is 7.47. The number of nitriles is 1. The normalized spacial score (nSPS) is 11.9. The average Bonchev–Trinajstić information content (AvgIpc) is 2.48.